The van der Waals surface area contributed by atoms with Gasteiger partial charge < -0.3 is 64.9 Å². The molecule has 0 radical (unpaired) electrons. The third-order valence-corrected chi connectivity index (χ3v) is 17.8. The standard InChI is InChI=1S/C66H124O16/c1-2-3-4-5-6-7-8-9-18-23-28-33-38-43-48-65(49-44-39-34-29-24-19-14-10-12-16-21-26-31-36-41-46-56(69)70,50-45-40-35-30-25-20-15-11-13-17-22-27-32-37-42-47-57(71)72)64(78)79-53-66(62(77)59(74)55(52-68)81-66)82-63-61(76)60(75)58(73)54(51-67)80-63/h54-55,58-63,67-68,73-77H,2-53H2,1H3,(H,69,70)(H,71,72)/t54-,55-,58-,59-,60+,61-,62+,63-,66+/m1/s1. The summed E-state index contributed by atoms with van der Waals surface area (Å²) in [7, 11) is 0. The normalized spacial score (nSPS) is 23.0. The minimum Gasteiger partial charge on any atom is -0.481 e. The first-order valence-electron chi connectivity index (χ1n) is 34.0. The lowest BCUT2D eigenvalue weighted by Crippen LogP contribution is -2.63. The van der Waals surface area contributed by atoms with E-state index < -0.39 is 97.9 Å². The van der Waals surface area contributed by atoms with Gasteiger partial charge in [0.1, 0.15) is 49.3 Å². The smallest absolute Gasteiger partial charge is 0.312 e. The largest absolute Gasteiger partial charge is 0.481 e. The van der Waals surface area contributed by atoms with E-state index in [1.54, 1.807) is 0 Å². The molecule has 0 amide bonds. The molecular formula is C66H124O16. The number of aliphatic carboxylic acids is 2. The van der Waals surface area contributed by atoms with E-state index in [0.29, 0.717) is 19.3 Å². The molecule has 16 nitrogen and oxygen atoms in total. The zero-order valence-corrected chi connectivity index (χ0v) is 51.8. The number of hydrogen-bond donors (Lipinski definition) is 9. The van der Waals surface area contributed by atoms with E-state index in [-0.39, 0.29) is 12.8 Å². The van der Waals surface area contributed by atoms with Gasteiger partial charge in [0.05, 0.1) is 18.6 Å². The molecule has 82 heavy (non-hydrogen) atoms. The van der Waals surface area contributed by atoms with Crippen LogP contribution in [-0.2, 0) is 33.3 Å². The molecule has 0 aromatic heterocycles. The summed E-state index contributed by atoms with van der Waals surface area (Å²) >= 11 is 0. The Bertz CT molecular complexity index is 1490. The second kappa shape index (κ2) is 49.0. The Kier molecular flexibility index (Phi) is 45.5. The maximum atomic E-state index is 15.1. The number of aliphatic hydroxyl groups excluding tert-OH is 7. The van der Waals surface area contributed by atoms with Crippen molar-refractivity contribution in [2.24, 2.45) is 5.41 Å². The van der Waals surface area contributed by atoms with E-state index in [1.165, 1.54) is 167 Å². The van der Waals surface area contributed by atoms with Gasteiger partial charge >= 0.3 is 17.9 Å². The average molecular weight is 1170 g/mol. The highest BCUT2D eigenvalue weighted by Gasteiger charge is 2.60. The second-order valence-corrected chi connectivity index (χ2v) is 25.0. The topological polar surface area (TPSA) is 270 Å². The van der Waals surface area contributed by atoms with E-state index in [2.05, 4.69) is 6.92 Å². The zero-order valence-electron chi connectivity index (χ0n) is 51.8. The van der Waals surface area contributed by atoms with Crippen molar-refractivity contribution in [1.82, 2.24) is 0 Å². The Labute approximate surface area is 497 Å². The first-order valence-corrected chi connectivity index (χ1v) is 34.0. The summed E-state index contributed by atoms with van der Waals surface area (Å²) in [5.74, 6) is -4.21. The average Bonchev–Trinajstić information content (AvgIpc) is 3.70. The molecule has 0 aromatic carbocycles. The Hall–Kier alpha value is -1.99. The quantitative estimate of drug-likeness (QED) is 0.0202. The van der Waals surface area contributed by atoms with Crippen LogP contribution in [0.15, 0.2) is 0 Å². The van der Waals surface area contributed by atoms with Gasteiger partial charge in [0.25, 0.3) is 0 Å². The van der Waals surface area contributed by atoms with Crippen LogP contribution < -0.4 is 0 Å². The summed E-state index contributed by atoms with van der Waals surface area (Å²) in [6.07, 6.45) is 39.3. The fourth-order valence-corrected chi connectivity index (χ4v) is 12.4. The molecule has 0 saturated carbocycles. The van der Waals surface area contributed by atoms with E-state index in [0.717, 1.165) is 116 Å². The SMILES string of the molecule is CCCCCCCCCCCCCCCCC(CCCCCCCCCCCCCCCCCC(=O)O)(CCCCCCCCCCCCCCCCCC(=O)O)C(=O)OC[C@@]1(O[C@H]2O[C@H](CO)[C@@H](O)[C@H](O)[C@H]2O)O[C@H](CO)[C@@H](O)[C@@H]1O. The van der Waals surface area contributed by atoms with Gasteiger partial charge in [-0.15, -0.1) is 0 Å². The number of carboxylic acids is 2. The Morgan fingerprint density at radius 2 is 0.707 bits per heavy atom. The molecule has 2 aliphatic heterocycles. The number of carbonyl (C=O) groups excluding carboxylic acids is 1. The molecule has 2 rings (SSSR count). The third kappa shape index (κ3) is 33.8. The van der Waals surface area contributed by atoms with E-state index in [1.807, 2.05) is 0 Å². The van der Waals surface area contributed by atoms with Crippen molar-refractivity contribution < 1.29 is 79.3 Å². The number of aliphatic hydroxyl groups is 7. The number of hydrogen-bond acceptors (Lipinski definition) is 14. The minimum atomic E-state index is -2.34. The first kappa shape index (κ1) is 76.1. The predicted molar refractivity (Wildman–Crippen MR) is 322 cm³/mol. The van der Waals surface area contributed by atoms with Crippen molar-refractivity contribution in [2.75, 3.05) is 19.8 Å². The van der Waals surface area contributed by atoms with E-state index in [9.17, 15) is 45.3 Å². The van der Waals surface area contributed by atoms with Crippen molar-refractivity contribution in [3.8, 4) is 0 Å². The summed E-state index contributed by atoms with van der Waals surface area (Å²) < 4.78 is 23.9. The van der Waals surface area contributed by atoms with Crippen LogP contribution in [0.3, 0.4) is 0 Å². The van der Waals surface area contributed by atoms with Gasteiger partial charge in [0, 0.05) is 12.8 Å². The summed E-state index contributed by atoms with van der Waals surface area (Å²) in [6.45, 7) is 0.0845. The molecule has 484 valence electrons. The van der Waals surface area contributed by atoms with Crippen molar-refractivity contribution >= 4 is 17.9 Å². The fraction of sp³-hybridized carbons (Fsp3) is 0.955. The Balaban J connectivity index is 2.13. The lowest BCUT2D eigenvalue weighted by atomic mass is 9.73. The number of rotatable bonds is 58. The summed E-state index contributed by atoms with van der Waals surface area (Å²) in [4.78, 5) is 36.6. The highest BCUT2D eigenvalue weighted by atomic mass is 16.8. The highest BCUT2D eigenvalue weighted by molar-refractivity contribution is 5.77. The molecule has 2 fully saturated rings. The minimum absolute atomic E-state index is 0.267. The molecule has 2 saturated heterocycles. The van der Waals surface area contributed by atoms with Gasteiger partial charge in [-0.3, -0.25) is 14.4 Å². The van der Waals surface area contributed by atoms with Gasteiger partial charge in [-0.05, 0) is 32.1 Å². The second-order valence-electron chi connectivity index (χ2n) is 25.0. The van der Waals surface area contributed by atoms with Crippen molar-refractivity contribution in [3.05, 3.63) is 0 Å². The van der Waals surface area contributed by atoms with Crippen molar-refractivity contribution in [3.63, 3.8) is 0 Å². The lowest BCUT2D eigenvalue weighted by molar-refractivity contribution is -0.384. The number of esters is 1. The molecule has 2 heterocycles. The van der Waals surface area contributed by atoms with Crippen LogP contribution in [0.2, 0.25) is 0 Å². The summed E-state index contributed by atoms with van der Waals surface area (Å²) in [5.41, 5.74) is -0.850. The molecule has 2 aliphatic rings. The van der Waals surface area contributed by atoms with Gasteiger partial charge in [-0.1, -0.05) is 277 Å². The predicted octanol–water partition coefficient (Wildman–Crippen LogP) is 13.4. The number of carbonyl (C=O) groups is 3. The molecule has 16 heteroatoms. The number of unbranched alkanes of at least 4 members (excludes halogenated alkanes) is 41. The van der Waals surface area contributed by atoms with Crippen LogP contribution in [-0.4, -0.2) is 138 Å². The Morgan fingerprint density at radius 1 is 0.402 bits per heavy atom. The van der Waals surface area contributed by atoms with Gasteiger partial charge in [0.15, 0.2) is 6.29 Å². The van der Waals surface area contributed by atoms with Crippen LogP contribution in [0.4, 0.5) is 0 Å². The van der Waals surface area contributed by atoms with Crippen LogP contribution in [0.5, 0.6) is 0 Å². The first-order chi connectivity index (χ1) is 39.8. The number of ether oxygens (including phenoxy) is 4. The van der Waals surface area contributed by atoms with Gasteiger partial charge in [-0.25, -0.2) is 0 Å². The summed E-state index contributed by atoms with van der Waals surface area (Å²) in [5, 5.41) is 92.4. The maximum absolute atomic E-state index is 15.1. The van der Waals surface area contributed by atoms with Crippen LogP contribution in [0, 0.1) is 5.41 Å². The molecule has 0 spiro atoms. The molecule has 0 bridgehead atoms. The van der Waals surface area contributed by atoms with E-state index in [4.69, 9.17) is 29.2 Å². The number of carboxylic acid groups (broad SMARTS) is 2. The molecule has 0 aromatic rings. The Morgan fingerprint density at radius 3 is 1.00 bits per heavy atom. The highest BCUT2D eigenvalue weighted by Crippen LogP contribution is 2.42. The molecule has 9 atom stereocenters. The molecule has 9 N–H and O–H groups in total. The molecule has 0 aliphatic carbocycles. The monoisotopic (exact) mass is 1170 g/mol. The van der Waals surface area contributed by atoms with E-state index >= 15 is 4.79 Å². The van der Waals surface area contributed by atoms with Crippen LogP contribution >= 0.6 is 0 Å². The maximum Gasteiger partial charge on any atom is 0.312 e. The molecular weight excluding hydrogens is 1050 g/mol. The fourth-order valence-electron chi connectivity index (χ4n) is 12.4. The van der Waals surface area contributed by atoms with Crippen LogP contribution in [0.1, 0.15) is 322 Å². The zero-order chi connectivity index (χ0) is 59.9. The summed E-state index contributed by atoms with van der Waals surface area (Å²) in [6, 6.07) is 0. The van der Waals surface area contributed by atoms with Crippen molar-refractivity contribution in [1.29, 1.82) is 0 Å². The molecule has 0 unspecified atom stereocenters. The van der Waals surface area contributed by atoms with Crippen molar-refractivity contribution in [2.45, 2.75) is 376 Å². The third-order valence-electron chi connectivity index (χ3n) is 17.8. The van der Waals surface area contributed by atoms with Gasteiger partial charge in [0.2, 0.25) is 5.79 Å². The van der Waals surface area contributed by atoms with Crippen LogP contribution in [0.25, 0.3) is 0 Å². The lowest BCUT2D eigenvalue weighted by Gasteiger charge is -2.43. The van der Waals surface area contributed by atoms with Gasteiger partial charge in [-0.2, -0.15) is 0 Å².